The molecule has 0 spiro atoms. The van der Waals surface area contributed by atoms with Crippen LogP contribution in [0.2, 0.25) is 0 Å². The summed E-state index contributed by atoms with van der Waals surface area (Å²) in [7, 11) is 0. The lowest BCUT2D eigenvalue weighted by molar-refractivity contribution is 0.105. The molecule has 0 aromatic heterocycles. The van der Waals surface area contributed by atoms with E-state index >= 15 is 0 Å². The predicted molar refractivity (Wildman–Crippen MR) is 90.6 cm³/mol. The number of carbonyl (C=O) groups is 1. The van der Waals surface area contributed by atoms with Gasteiger partial charge in [0.2, 0.25) is 0 Å². The van der Waals surface area contributed by atoms with Crippen LogP contribution in [0.15, 0.2) is 48.5 Å². The van der Waals surface area contributed by atoms with E-state index in [9.17, 15) is 14.3 Å². The Kier molecular flexibility index (Phi) is 6.57. The van der Waals surface area contributed by atoms with Crippen LogP contribution < -0.4 is 15.4 Å². The summed E-state index contributed by atoms with van der Waals surface area (Å²) >= 11 is 0. The molecule has 0 saturated heterocycles. The molecule has 128 valence electrons. The Hall–Kier alpha value is -2.60. The van der Waals surface area contributed by atoms with Gasteiger partial charge in [-0.15, -0.1) is 0 Å². The van der Waals surface area contributed by atoms with Gasteiger partial charge in [0, 0.05) is 23.9 Å². The second-order valence-electron chi connectivity index (χ2n) is 5.26. The average Bonchev–Trinajstić information content (AvgIpc) is 2.58. The number of ether oxygens (including phenoxy) is 1. The Balaban J connectivity index is 1.92. The first-order valence-corrected chi connectivity index (χ1v) is 7.80. The van der Waals surface area contributed by atoms with Gasteiger partial charge < -0.3 is 20.5 Å². The Morgan fingerprint density at radius 3 is 2.79 bits per heavy atom. The topological polar surface area (TPSA) is 70.6 Å². The smallest absolute Gasteiger partial charge is 0.319 e. The largest absolute Gasteiger partial charge is 0.490 e. The summed E-state index contributed by atoms with van der Waals surface area (Å²) in [6, 6.07) is 12.5. The highest BCUT2D eigenvalue weighted by Gasteiger charge is 2.13. The molecule has 0 bridgehead atoms. The van der Waals surface area contributed by atoms with Crippen LogP contribution >= 0.6 is 0 Å². The van der Waals surface area contributed by atoms with Crippen molar-refractivity contribution in [2.45, 2.75) is 19.4 Å². The lowest BCUT2D eigenvalue weighted by atomic mass is 10.1. The van der Waals surface area contributed by atoms with Crippen LogP contribution in [0.3, 0.4) is 0 Å². The Bertz CT molecular complexity index is 679. The summed E-state index contributed by atoms with van der Waals surface area (Å²) in [5.74, 6) is -0.00436. The molecular weight excluding hydrogens is 311 g/mol. The van der Waals surface area contributed by atoms with Crippen molar-refractivity contribution >= 4 is 11.7 Å². The number of anilines is 1. The molecule has 6 heteroatoms. The van der Waals surface area contributed by atoms with Gasteiger partial charge in [-0.25, -0.2) is 9.18 Å². The molecule has 3 N–H and O–H groups in total. The first kappa shape index (κ1) is 17.7. The third-order valence-electron chi connectivity index (χ3n) is 3.30. The van der Waals surface area contributed by atoms with Gasteiger partial charge in [-0.3, -0.25) is 0 Å². The quantitative estimate of drug-likeness (QED) is 0.727. The van der Waals surface area contributed by atoms with Crippen molar-refractivity contribution in [3.05, 3.63) is 59.9 Å². The molecule has 0 aliphatic rings. The number of carbonyl (C=O) groups excluding carboxylic acids is 1. The zero-order chi connectivity index (χ0) is 17.4. The molecule has 1 unspecified atom stereocenters. The molecule has 0 saturated carbocycles. The lowest BCUT2D eigenvalue weighted by Crippen LogP contribution is -2.29. The number of aliphatic hydroxyl groups excluding tert-OH is 1. The van der Waals surface area contributed by atoms with Gasteiger partial charge in [0.1, 0.15) is 24.3 Å². The maximum atomic E-state index is 13.6. The van der Waals surface area contributed by atoms with E-state index in [1.54, 1.807) is 36.4 Å². The van der Waals surface area contributed by atoms with Gasteiger partial charge in [0.25, 0.3) is 0 Å². The molecular formula is C18H21FN2O3. The second kappa shape index (κ2) is 8.88. The van der Waals surface area contributed by atoms with E-state index in [2.05, 4.69) is 10.6 Å². The summed E-state index contributed by atoms with van der Waals surface area (Å²) in [5, 5.41) is 15.4. The fraction of sp³-hybridized carbons (Fsp3) is 0.278. The summed E-state index contributed by atoms with van der Waals surface area (Å²) in [6.45, 7) is 2.47. The Morgan fingerprint density at radius 1 is 1.25 bits per heavy atom. The number of hydrogen-bond donors (Lipinski definition) is 3. The maximum Gasteiger partial charge on any atom is 0.319 e. The molecule has 0 fully saturated rings. The van der Waals surface area contributed by atoms with Crippen LogP contribution in [-0.4, -0.2) is 24.3 Å². The van der Waals surface area contributed by atoms with Crippen molar-refractivity contribution < 1.29 is 19.0 Å². The van der Waals surface area contributed by atoms with Gasteiger partial charge in [-0.05, 0) is 24.6 Å². The maximum absolute atomic E-state index is 13.6. The molecule has 2 rings (SSSR count). The van der Waals surface area contributed by atoms with Gasteiger partial charge in [-0.2, -0.15) is 0 Å². The van der Waals surface area contributed by atoms with E-state index < -0.39 is 11.9 Å². The number of benzene rings is 2. The zero-order valence-corrected chi connectivity index (χ0v) is 13.5. The van der Waals surface area contributed by atoms with Crippen molar-refractivity contribution in [3.63, 3.8) is 0 Å². The standard InChI is InChI=1S/C18H21FN2O3/c1-2-10-20-18(23)21-13-6-5-7-14(11-13)24-12-17(22)15-8-3-4-9-16(15)19/h3-9,11,17,22H,2,10,12H2,1H3,(H2,20,21,23). The fourth-order valence-corrected chi connectivity index (χ4v) is 2.09. The number of rotatable bonds is 7. The summed E-state index contributed by atoms with van der Waals surface area (Å²) in [5.41, 5.74) is 0.757. The first-order chi connectivity index (χ1) is 11.6. The average molecular weight is 332 g/mol. The molecule has 0 heterocycles. The highest BCUT2D eigenvalue weighted by atomic mass is 19.1. The predicted octanol–water partition coefficient (Wildman–Crippen LogP) is 3.47. The van der Waals surface area contributed by atoms with Crippen LogP contribution in [0, 0.1) is 5.82 Å². The first-order valence-electron chi connectivity index (χ1n) is 7.80. The van der Waals surface area contributed by atoms with Crippen LogP contribution in [0.4, 0.5) is 14.9 Å². The van der Waals surface area contributed by atoms with Gasteiger partial charge in [0.05, 0.1) is 0 Å². The normalized spacial score (nSPS) is 11.6. The SMILES string of the molecule is CCCNC(=O)Nc1cccc(OCC(O)c2ccccc2F)c1. The van der Waals surface area contributed by atoms with Crippen LogP contribution in [0.25, 0.3) is 0 Å². The third kappa shape index (κ3) is 5.24. The number of amides is 2. The van der Waals surface area contributed by atoms with E-state index in [4.69, 9.17) is 4.74 Å². The fourth-order valence-electron chi connectivity index (χ4n) is 2.09. The van der Waals surface area contributed by atoms with Crippen LogP contribution in [0.5, 0.6) is 5.75 Å². The van der Waals surface area contributed by atoms with Crippen molar-refractivity contribution in [1.29, 1.82) is 0 Å². The number of nitrogens with one attached hydrogen (secondary N) is 2. The number of halogens is 1. The summed E-state index contributed by atoms with van der Waals surface area (Å²) in [4.78, 5) is 11.6. The zero-order valence-electron chi connectivity index (χ0n) is 13.5. The molecule has 24 heavy (non-hydrogen) atoms. The van der Waals surface area contributed by atoms with Crippen molar-refractivity contribution in [1.82, 2.24) is 5.32 Å². The number of aliphatic hydroxyl groups is 1. The molecule has 1 atom stereocenters. The number of hydrogen-bond acceptors (Lipinski definition) is 3. The van der Waals surface area contributed by atoms with Gasteiger partial charge in [0.15, 0.2) is 0 Å². The number of urea groups is 1. The molecule has 0 aliphatic carbocycles. The Labute approximate surface area is 140 Å². The molecule has 2 aromatic carbocycles. The van der Waals surface area contributed by atoms with E-state index in [-0.39, 0.29) is 18.2 Å². The van der Waals surface area contributed by atoms with E-state index in [0.29, 0.717) is 18.0 Å². The molecule has 5 nitrogen and oxygen atoms in total. The van der Waals surface area contributed by atoms with Crippen molar-refractivity contribution in [2.75, 3.05) is 18.5 Å². The van der Waals surface area contributed by atoms with Gasteiger partial charge >= 0.3 is 6.03 Å². The highest BCUT2D eigenvalue weighted by molar-refractivity contribution is 5.89. The highest BCUT2D eigenvalue weighted by Crippen LogP contribution is 2.21. The molecule has 0 aliphatic heterocycles. The minimum Gasteiger partial charge on any atom is -0.490 e. The molecule has 2 aromatic rings. The summed E-state index contributed by atoms with van der Waals surface area (Å²) < 4.78 is 19.1. The van der Waals surface area contributed by atoms with E-state index in [1.165, 1.54) is 12.1 Å². The van der Waals surface area contributed by atoms with Crippen molar-refractivity contribution in [2.24, 2.45) is 0 Å². The van der Waals surface area contributed by atoms with Crippen molar-refractivity contribution in [3.8, 4) is 5.75 Å². The second-order valence-corrected chi connectivity index (χ2v) is 5.26. The third-order valence-corrected chi connectivity index (χ3v) is 3.30. The lowest BCUT2D eigenvalue weighted by Gasteiger charge is -2.14. The van der Waals surface area contributed by atoms with Crippen LogP contribution in [0.1, 0.15) is 25.0 Å². The minimum absolute atomic E-state index is 0.0909. The minimum atomic E-state index is -1.07. The Morgan fingerprint density at radius 2 is 2.04 bits per heavy atom. The monoisotopic (exact) mass is 332 g/mol. The summed E-state index contributed by atoms with van der Waals surface area (Å²) in [6.07, 6.45) is -0.222. The molecule has 0 radical (unpaired) electrons. The van der Waals surface area contributed by atoms with Gasteiger partial charge in [-0.1, -0.05) is 31.2 Å². The van der Waals surface area contributed by atoms with E-state index in [1.807, 2.05) is 6.92 Å². The van der Waals surface area contributed by atoms with Crippen LogP contribution in [-0.2, 0) is 0 Å². The van der Waals surface area contributed by atoms with E-state index in [0.717, 1.165) is 6.42 Å². The molecule has 2 amide bonds.